The van der Waals surface area contributed by atoms with Gasteiger partial charge in [-0.3, -0.25) is 10.1 Å². The highest BCUT2D eigenvalue weighted by Gasteiger charge is 2.12. The standard InChI is InChI=1S/C26H25N3O3S/c1-16(2)18-11-12-23-21(14-18)28-25(32-23)19-8-6-9-20(13-19)27-26(33)29-24(30)15-31-22-10-5-4-7-17(22)3/h4-14,16H,15H2,1-3H3,(H2,27,29,30,33). The SMILES string of the molecule is Cc1ccccc1OCC(=O)NC(=S)Nc1cccc(-c2nc3cc(C(C)C)ccc3o2)c1. The number of aromatic nitrogens is 1. The molecule has 0 bridgehead atoms. The van der Waals surface area contributed by atoms with E-state index in [0.717, 1.165) is 22.2 Å². The highest BCUT2D eigenvalue weighted by molar-refractivity contribution is 7.80. The number of anilines is 1. The van der Waals surface area contributed by atoms with Crippen LogP contribution in [0.2, 0.25) is 0 Å². The van der Waals surface area contributed by atoms with Gasteiger partial charge >= 0.3 is 0 Å². The van der Waals surface area contributed by atoms with E-state index >= 15 is 0 Å². The summed E-state index contributed by atoms with van der Waals surface area (Å²) >= 11 is 5.28. The molecule has 0 saturated carbocycles. The van der Waals surface area contributed by atoms with Crippen LogP contribution in [0, 0.1) is 6.92 Å². The van der Waals surface area contributed by atoms with Gasteiger partial charge in [0.05, 0.1) is 0 Å². The molecule has 168 valence electrons. The number of benzene rings is 3. The number of thiocarbonyl (C=S) groups is 1. The second-order valence-electron chi connectivity index (χ2n) is 8.04. The smallest absolute Gasteiger partial charge is 0.264 e. The molecule has 2 N–H and O–H groups in total. The largest absolute Gasteiger partial charge is 0.483 e. The number of ether oxygens (including phenoxy) is 1. The van der Waals surface area contributed by atoms with Crippen molar-refractivity contribution in [1.82, 2.24) is 10.3 Å². The molecule has 1 amide bonds. The third kappa shape index (κ3) is 5.56. The molecule has 0 aliphatic rings. The third-order valence-electron chi connectivity index (χ3n) is 5.15. The van der Waals surface area contributed by atoms with Crippen LogP contribution in [0.25, 0.3) is 22.6 Å². The number of hydrogen-bond donors (Lipinski definition) is 2. The Morgan fingerprint density at radius 2 is 1.91 bits per heavy atom. The van der Waals surface area contributed by atoms with Gasteiger partial charge in [-0.15, -0.1) is 0 Å². The molecule has 33 heavy (non-hydrogen) atoms. The molecule has 0 aliphatic carbocycles. The summed E-state index contributed by atoms with van der Waals surface area (Å²) in [7, 11) is 0. The maximum Gasteiger partial charge on any atom is 0.264 e. The van der Waals surface area contributed by atoms with Crippen molar-refractivity contribution in [2.45, 2.75) is 26.7 Å². The van der Waals surface area contributed by atoms with E-state index in [9.17, 15) is 4.79 Å². The van der Waals surface area contributed by atoms with Gasteiger partial charge in [0, 0.05) is 11.3 Å². The summed E-state index contributed by atoms with van der Waals surface area (Å²) in [5.74, 6) is 1.27. The average Bonchev–Trinajstić information content (AvgIpc) is 3.22. The number of hydrogen-bond acceptors (Lipinski definition) is 5. The molecule has 0 fully saturated rings. The quantitative estimate of drug-likeness (QED) is 0.354. The van der Waals surface area contributed by atoms with Gasteiger partial charge in [-0.1, -0.05) is 44.2 Å². The van der Waals surface area contributed by atoms with Crippen LogP contribution in [0.4, 0.5) is 5.69 Å². The number of oxazole rings is 1. The second kappa shape index (κ2) is 9.83. The van der Waals surface area contributed by atoms with Crippen molar-refractivity contribution < 1.29 is 13.9 Å². The van der Waals surface area contributed by atoms with Crippen LogP contribution in [0.15, 0.2) is 71.1 Å². The third-order valence-corrected chi connectivity index (χ3v) is 5.36. The topological polar surface area (TPSA) is 76.4 Å². The Kier molecular flexibility index (Phi) is 6.70. The lowest BCUT2D eigenvalue weighted by Crippen LogP contribution is -2.37. The lowest BCUT2D eigenvalue weighted by Gasteiger charge is -2.11. The molecule has 4 rings (SSSR count). The van der Waals surface area contributed by atoms with Crippen molar-refractivity contribution in [3.8, 4) is 17.2 Å². The molecular weight excluding hydrogens is 434 g/mol. The molecule has 6 nitrogen and oxygen atoms in total. The Labute approximate surface area is 198 Å². The molecule has 0 saturated heterocycles. The minimum atomic E-state index is -0.341. The molecule has 0 atom stereocenters. The van der Waals surface area contributed by atoms with E-state index in [1.807, 2.05) is 61.5 Å². The summed E-state index contributed by atoms with van der Waals surface area (Å²) in [5.41, 5.74) is 5.25. The number of amides is 1. The summed E-state index contributed by atoms with van der Waals surface area (Å²) in [6, 6.07) is 21.1. The molecule has 0 unspecified atom stereocenters. The molecule has 1 heterocycles. The van der Waals surface area contributed by atoms with E-state index in [4.69, 9.17) is 21.4 Å². The molecule has 0 radical (unpaired) electrons. The lowest BCUT2D eigenvalue weighted by molar-refractivity contribution is -0.121. The number of fused-ring (bicyclic) bond motifs is 1. The maximum absolute atomic E-state index is 12.2. The van der Waals surface area contributed by atoms with E-state index in [-0.39, 0.29) is 17.6 Å². The van der Waals surface area contributed by atoms with Crippen LogP contribution in [-0.4, -0.2) is 22.6 Å². The number of para-hydroxylation sites is 1. The van der Waals surface area contributed by atoms with Gasteiger partial charge in [-0.05, 0) is 72.6 Å². The summed E-state index contributed by atoms with van der Waals surface area (Å²) in [6.07, 6.45) is 0. The van der Waals surface area contributed by atoms with Crippen molar-refractivity contribution in [2.75, 3.05) is 11.9 Å². The first-order valence-corrected chi connectivity index (χ1v) is 11.1. The Morgan fingerprint density at radius 1 is 1.09 bits per heavy atom. The van der Waals surface area contributed by atoms with Crippen LogP contribution in [0.5, 0.6) is 5.75 Å². The van der Waals surface area contributed by atoms with E-state index in [0.29, 0.717) is 23.2 Å². The second-order valence-corrected chi connectivity index (χ2v) is 8.45. The number of aryl methyl sites for hydroxylation is 1. The zero-order valence-corrected chi connectivity index (χ0v) is 19.5. The van der Waals surface area contributed by atoms with Gasteiger partial charge in [-0.25, -0.2) is 4.98 Å². The Morgan fingerprint density at radius 3 is 2.70 bits per heavy atom. The molecule has 7 heteroatoms. The highest BCUT2D eigenvalue weighted by atomic mass is 32.1. The fourth-order valence-electron chi connectivity index (χ4n) is 3.34. The van der Waals surface area contributed by atoms with Crippen molar-refractivity contribution >= 4 is 40.0 Å². The molecule has 3 aromatic carbocycles. The van der Waals surface area contributed by atoms with E-state index in [1.165, 1.54) is 5.56 Å². The van der Waals surface area contributed by atoms with Crippen molar-refractivity contribution in [2.24, 2.45) is 0 Å². The summed E-state index contributed by atoms with van der Waals surface area (Å²) in [6.45, 7) is 6.09. The lowest BCUT2D eigenvalue weighted by atomic mass is 10.0. The summed E-state index contributed by atoms with van der Waals surface area (Å²) in [4.78, 5) is 16.8. The van der Waals surface area contributed by atoms with Crippen molar-refractivity contribution in [3.05, 3.63) is 77.9 Å². The number of nitrogens with zero attached hydrogens (tertiary/aromatic N) is 1. The van der Waals surface area contributed by atoms with Crippen LogP contribution >= 0.6 is 12.2 Å². The number of rotatable bonds is 6. The van der Waals surface area contributed by atoms with Gasteiger partial charge in [0.25, 0.3) is 5.91 Å². The zero-order valence-electron chi connectivity index (χ0n) is 18.7. The van der Waals surface area contributed by atoms with Crippen LogP contribution in [0.1, 0.15) is 30.9 Å². The Hall–Kier alpha value is -3.71. The Bertz CT molecular complexity index is 1310. The van der Waals surface area contributed by atoms with Gasteiger partial charge in [-0.2, -0.15) is 0 Å². The van der Waals surface area contributed by atoms with E-state index in [1.54, 1.807) is 0 Å². The van der Waals surface area contributed by atoms with Crippen molar-refractivity contribution in [3.63, 3.8) is 0 Å². The highest BCUT2D eigenvalue weighted by Crippen LogP contribution is 2.28. The minimum absolute atomic E-state index is 0.131. The number of nitrogens with one attached hydrogen (secondary N) is 2. The molecule has 1 aromatic heterocycles. The number of carbonyl (C=O) groups excluding carboxylic acids is 1. The van der Waals surface area contributed by atoms with Crippen molar-refractivity contribution in [1.29, 1.82) is 0 Å². The van der Waals surface area contributed by atoms with Crippen LogP contribution in [-0.2, 0) is 4.79 Å². The summed E-state index contributed by atoms with van der Waals surface area (Å²) < 4.78 is 11.5. The van der Waals surface area contributed by atoms with Crippen LogP contribution < -0.4 is 15.4 Å². The minimum Gasteiger partial charge on any atom is -0.483 e. The molecule has 4 aromatic rings. The van der Waals surface area contributed by atoms with Gasteiger partial charge in [0.1, 0.15) is 11.3 Å². The predicted molar refractivity (Wildman–Crippen MR) is 135 cm³/mol. The van der Waals surface area contributed by atoms with Crippen LogP contribution in [0.3, 0.4) is 0 Å². The zero-order chi connectivity index (χ0) is 23.4. The fourth-order valence-corrected chi connectivity index (χ4v) is 3.58. The van der Waals surface area contributed by atoms with Gasteiger partial charge < -0.3 is 14.5 Å². The van der Waals surface area contributed by atoms with E-state index in [2.05, 4.69) is 41.6 Å². The van der Waals surface area contributed by atoms with Gasteiger partial charge in [0.2, 0.25) is 5.89 Å². The normalized spacial score (nSPS) is 10.9. The Balaban J connectivity index is 1.39. The average molecular weight is 460 g/mol. The first-order chi connectivity index (χ1) is 15.9. The first kappa shape index (κ1) is 22.5. The molecular formula is C26H25N3O3S. The monoisotopic (exact) mass is 459 g/mol. The molecule has 0 spiro atoms. The number of carbonyl (C=O) groups is 1. The maximum atomic E-state index is 12.2. The van der Waals surface area contributed by atoms with Gasteiger partial charge in [0.15, 0.2) is 17.3 Å². The fraction of sp³-hybridized carbons (Fsp3) is 0.192. The predicted octanol–water partition coefficient (Wildman–Crippen LogP) is 5.82. The summed E-state index contributed by atoms with van der Waals surface area (Å²) in [5, 5.41) is 5.84. The first-order valence-electron chi connectivity index (χ1n) is 10.7. The molecule has 0 aliphatic heterocycles. The van der Waals surface area contributed by atoms with E-state index < -0.39 is 0 Å².